The predicted molar refractivity (Wildman–Crippen MR) is 93.5 cm³/mol. The minimum atomic E-state index is -0.429. The monoisotopic (exact) mass is 356 g/mol. The van der Waals surface area contributed by atoms with Gasteiger partial charge in [-0.15, -0.1) is 12.4 Å². The van der Waals surface area contributed by atoms with Gasteiger partial charge in [0, 0.05) is 12.1 Å². The van der Waals surface area contributed by atoms with E-state index in [-0.39, 0.29) is 36.2 Å². The molecule has 0 bridgehead atoms. The van der Waals surface area contributed by atoms with Crippen molar-refractivity contribution >= 4 is 18.3 Å². The van der Waals surface area contributed by atoms with Crippen LogP contribution in [0.5, 0.6) is 0 Å². The summed E-state index contributed by atoms with van der Waals surface area (Å²) in [5, 5.41) is 0. The Bertz CT molecular complexity index is 582. The summed E-state index contributed by atoms with van der Waals surface area (Å²) in [7, 11) is 0. The molecule has 1 aliphatic heterocycles. The van der Waals surface area contributed by atoms with Crippen molar-refractivity contribution in [3.63, 3.8) is 0 Å². The first-order valence-electron chi connectivity index (χ1n) is 8.42. The lowest BCUT2D eigenvalue weighted by Crippen LogP contribution is -2.55. The first-order valence-corrected chi connectivity index (χ1v) is 8.42. The normalized spacial score (nSPS) is 30.5. The highest BCUT2D eigenvalue weighted by atomic mass is 35.5. The van der Waals surface area contributed by atoms with Gasteiger partial charge in [0.2, 0.25) is 5.91 Å². The van der Waals surface area contributed by atoms with Crippen molar-refractivity contribution in [2.75, 3.05) is 19.7 Å². The smallest absolute Gasteiger partial charge is 0.227 e. The molecule has 1 aromatic carbocycles. The molecule has 1 amide bonds. The molecule has 6 heteroatoms. The third-order valence-electron chi connectivity index (χ3n) is 5.15. The number of carbonyl (C=O) groups excluding carboxylic acids is 1. The van der Waals surface area contributed by atoms with Gasteiger partial charge in [-0.25, -0.2) is 4.39 Å². The molecule has 24 heavy (non-hydrogen) atoms. The van der Waals surface area contributed by atoms with Crippen molar-refractivity contribution in [2.45, 2.75) is 44.2 Å². The average molecular weight is 357 g/mol. The number of nitrogens with zero attached hydrogens (tertiary/aromatic N) is 1. The summed E-state index contributed by atoms with van der Waals surface area (Å²) >= 11 is 0. The van der Waals surface area contributed by atoms with E-state index in [1.165, 1.54) is 12.1 Å². The van der Waals surface area contributed by atoms with Gasteiger partial charge < -0.3 is 15.4 Å². The van der Waals surface area contributed by atoms with E-state index in [4.69, 9.17) is 10.5 Å². The number of hydrogen-bond acceptors (Lipinski definition) is 3. The topological polar surface area (TPSA) is 55.6 Å². The van der Waals surface area contributed by atoms with E-state index in [2.05, 4.69) is 0 Å². The SMILES string of the molecule is CC1(N)CCCCC1C(=O)N1CCOC(c2cccc(F)c2)C1.Cl. The van der Waals surface area contributed by atoms with Gasteiger partial charge in [-0.1, -0.05) is 25.0 Å². The van der Waals surface area contributed by atoms with E-state index >= 15 is 0 Å². The summed E-state index contributed by atoms with van der Waals surface area (Å²) in [4.78, 5) is 14.8. The van der Waals surface area contributed by atoms with E-state index in [0.717, 1.165) is 31.2 Å². The summed E-state index contributed by atoms with van der Waals surface area (Å²) in [5.74, 6) is -0.279. The summed E-state index contributed by atoms with van der Waals surface area (Å²) < 4.78 is 19.2. The lowest BCUT2D eigenvalue weighted by Gasteiger charge is -2.42. The van der Waals surface area contributed by atoms with Gasteiger partial charge in [-0.2, -0.15) is 0 Å². The van der Waals surface area contributed by atoms with Gasteiger partial charge >= 0.3 is 0 Å². The maximum absolute atomic E-state index is 13.4. The molecule has 1 saturated heterocycles. The Morgan fingerprint density at radius 1 is 1.42 bits per heavy atom. The molecule has 1 aromatic rings. The van der Waals surface area contributed by atoms with Crippen LogP contribution in [0.15, 0.2) is 24.3 Å². The third kappa shape index (κ3) is 4.08. The van der Waals surface area contributed by atoms with E-state index in [9.17, 15) is 9.18 Å². The molecular formula is C18H26ClFN2O2. The highest BCUT2D eigenvalue weighted by molar-refractivity contribution is 5.85. The fraction of sp³-hybridized carbons (Fsp3) is 0.611. The van der Waals surface area contributed by atoms with Gasteiger partial charge in [0.15, 0.2) is 0 Å². The van der Waals surface area contributed by atoms with Crippen molar-refractivity contribution in [3.05, 3.63) is 35.6 Å². The molecule has 4 nitrogen and oxygen atoms in total. The Hall–Kier alpha value is -1.17. The number of ether oxygens (including phenoxy) is 1. The number of hydrogen-bond donors (Lipinski definition) is 1. The van der Waals surface area contributed by atoms with Crippen LogP contribution < -0.4 is 5.73 Å². The van der Waals surface area contributed by atoms with Crippen LogP contribution in [-0.4, -0.2) is 36.0 Å². The van der Waals surface area contributed by atoms with E-state index in [0.29, 0.717) is 19.7 Å². The molecule has 0 radical (unpaired) electrons. The molecule has 134 valence electrons. The quantitative estimate of drug-likeness (QED) is 0.886. The second kappa shape index (κ2) is 7.81. The Balaban J connectivity index is 0.00000208. The largest absolute Gasteiger partial charge is 0.370 e. The maximum atomic E-state index is 13.4. The number of benzene rings is 1. The molecule has 2 aliphatic rings. The zero-order valence-electron chi connectivity index (χ0n) is 14.0. The van der Waals surface area contributed by atoms with Gasteiger partial charge in [0.1, 0.15) is 11.9 Å². The molecule has 2 fully saturated rings. The molecule has 3 atom stereocenters. The van der Waals surface area contributed by atoms with Gasteiger partial charge in [0.25, 0.3) is 0 Å². The molecule has 1 saturated carbocycles. The Kier molecular flexibility index (Phi) is 6.23. The lowest BCUT2D eigenvalue weighted by molar-refractivity contribution is -0.146. The zero-order chi connectivity index (χ0) is 16.4. The Morgan fingerprint density at radius 3 is 2.92 bits per heavy atom. The molecule has 3 rings (SSSR count). The molecule has 2 N–H and O–H groups in total. The number of rotatable bonds is 2. The lowest BCUT2D eigenvalue weighted by atomic mass is 9.74. The van der Waals surface area contributed by atoms with E-state index in [1.807, 2.05) is 17.9 Å². The molecule has 1 aliphatic carbocycles. The summed E-state index contributed by atoms with van der Waals surface area (Å²) in [5.41, 5.74) is 6.72. The number of halogens is 2. The van der Waals surface area contributed by atoms with Crippen molar-refractivity contribution in [3.8, 4) is 0 Å². The highest BCUT2D eigenvalue weighted by Crippen LogP contribution is 2.34. The summed E-state index contributed by atoms with van der Waals surface area (Å²) in [6, 6.07) is 6.41. The second-order valence-electron chi connectivity index (χ2n) is 7.00. The van der Waals surface area contributed by atoms with E-state index < -0.39 is 5.54 Å². The summed E-state index contributed by atoms with van der Waals surface area (Å²) in [6.45, 7) is 3.51. The van der Waals surface area contributed by atoms with Gasteiger partial charge in [0.05, 0.1) is 19.1 Å². The van der Waals surface area contributed by atoms with Crippen LogP contribution in [0.25, 0.3) is 0 Å². The number of amides is 1. The number of nitrogens with two attached hydrogens (primary N) is 1. The highest BCUT2D eigenvalue weighted by Gasteiger charge is 2.41. The molecule has 1 heterocycles. The van der Waals surface area contributed by atoms with Crippen LogP contribution in [0.2, 0.25) is 0 Å². The minimum Gasteiger partial charge on any atom is -0.370 e. The molecule has 0 aromatic heterocycles. The second-order valence-corrected chi connectivity index (χ2v) is 7.00. The van der Waals surface area contributed by atoms with Crippen LogP contribution in [-0.2, 0) is 9.53 Å². The van der Waals surface area contributed by atoms with Crippen molar-refractivity contribution in [2.24, 2.45) is 11.7 Å². The van der Waals surface area contributed by atoms with Gasteiger partial charge in [-0.3, -0.25) is 4.79 Å². The van der Waals surface area contributed by atoms with Crippen LogP contribution in [0.4, 0.5) is 4.39 Å². The van der Waals surface area contributed by atoms with Crippen molar-refractivity contribution < 1.29 is 13.9 Å². The molecule has 0 spiro atoms. The predicted octanol–water partition coefficient (Wildman–Crippen LogP) is 3.06. The Morgan fingerprint density at radius 2 is 2.21 bits per heavy atom. The van der Waals surface area contributed by atoms with Crippen LogP contribution in [0.3, 0.4) is 0 Å². The molecular weight excluding hydrogens is 331 g/mol. The van der Waals surface area contributed by atoms with Crippen molar-refractivity contribution in [1.29, 1.82) is 0 Å². The Labute approximate surface area is 148 Å². The zero-order valence-corrected chi connectivity index (χ0v) is 14.9. The third-order valence-corrected chi connectivity index (χ3v) is 5.15. The van der Waals surface area contributed by atoms with Crippen LogP contribution in [0.1, 0.15) is 44.3 Å². The van der Waals surface area contributed by atoms with Crippen LogP contribution >= 0.6 is 12.4 Å². The number of morpholine rings is 1. The minimum absolute atomic E-state index is 0. The molecule has 3 unspecified atom stereocenters. The standard InChI is InChI=1S/C18H25FN2O2.ClH/c1-18(20)8-3-2-7-15(18)17(22)21-9-10-23-16(12-21)13-5-4-6-14(19)11-13;/h4-6,11,15-16H,2-3,7-10,12,20H2,1H3;1H. The first kappa shape index (κ1) is 19.2. The maximum Gasteiger partial charge on any atom is 0.227 e. The first-order chi connectivity index (χ1) is 11.0. The van der Waals surface area contributed by atoms with Gasteiger partial charge in [-0.05, 0) is 37.5 Å². The average Bonchev–Trinajstić information content (AvgIpc) is 2.54. The summed E-state index contributed by atoms with van der Waals surface area (Å²) in [6.07, 6.45) is 3.62. The fourth-order valence-corrected chi connectivity index (χ4v) is 3.74. The fourth-order valence-electron chi connectivity index (χ4n) is 3.74. The van der Waals surface area contributed by atoms with Crippen molar-refractivity contribution in [1.82, 2.24) is 4.90 Å². The number of carbonyl (C=O) groups is 1. The van der Waals surface area contributed by atoms with Crippen LogP contribution in [0, 0.1) is 11.7 Å². The van der Waals surface area contributed by atoms with E-state index in [1.54, 1.807) is 6.07 Å².